The lowest BCUT2D eigenvalue weighted by atomic mass is 10.2. The number of rotatable bonds is 1. The van der Waals surface area contributed by atoms with Crippen LogP contribution in [0, 0.1) is 0 Å². The van der Waals surface area contributed by atoms with Gasteiger partial charge in [-0.3, -0.25) is 0 Å². The van der Waals surface area contributed by atoms with E-state index in [2.05, 4.69) is 15.3 Å². The molecule has 2 N–H and O–H groups in total. The second-order valence-corrected chi connectivity index (χ2v) is 2.66. The lowest BCUT2D eigenvalue weighted by Crippen LogP contribution is -2.12. The topological polar surface area (TPSA) is 40.7 Å². The molecule has 0 radical (unpaired) electrons. The molecule has 1 unspecified atom stereocenters. The Kier molecular flexibility index (Phi) is 1.43. The largest absolute Gasteiger partial charge is 0.347 e. The summed E-state index contributed by atoms with van der Waals surface area (Å²) >= 11 is 0. The Labute approximate surface area is 59.9 Å². The van der Waals surface area contributed by atoms with Gasteiger partial charge in [0.1, 0.15) is 0 Å². The zero-order chi connectivity index (χ0) is 6.81. The molecular weight excluding hydrogens is 126 g/mol. The summed E-state index contributed by atoms with van der Waals surface area (Å²) in [5.74, 6) is 0. The van der Waals surface area contributed by atoms with Gasteiger partial charge in [-0.1, -0.05) is 0 Å². The summed E-state index contributed by atoms with van der Waals surface area (Å²) < 4.78 is 0. The van der Waals surface area contributed by atoms with Crippen molar-refractivity contribution in [1.29, 1.82) is 0 Å². The van der Waals surface area contributed by atoms with Crippen molar-refractivity contribution in [2.75, 3.05) is 6.54 Å². The van der Waals surface area contributed by atoms with Gasteiger partial charge in [-0.05, 0) is 19.4 Å². The molecule has 0 aromatic carbocycles. The fourth-order valence-corrected chi connectivity index (χ4v) is 1.41. The molecule has 1 aliphatic heterocycles. The number of hydrogen-bond acceptors (Lipinski definition) is 2. The fraction of sp³-hybridized carbons (Fsp3) is 0.571. The van der Waals surface area contributed by atoms with Gasteiger partial charge < -0.3 is 10.3 Å². The van der Waals surface area contributed by atoms with E-state index in [0.29, 0.717) is 6.04 Å². The zero-order valence-corrected chi connectivity index (χ0v) is 5.80. The molecular formula is C7H11N3. The number of nitrogens with zero attached hydrogens (tertiary/aromatic N) is 1. The van der Waals surface area contributed by atoms with Crippen LogP contribution in [0.5, 0.6) is 0 Å². The predicted octanol–water partition coefficient (Wildman–Crippen LogP) is 0.834. The summed E-state index contributed by atoms with van der Waals surface area (Å²) in [6, 6.07) is 0.530. The van der Waals surface area contributed by atoms with E-state index in [9.17, 15) is 0 Å². The standard InChI is InChI=1S/C7H11N3/c1-2-6(9-3-1)7-4-8-5-10-7/h4-6,9H,1-3H2,(H,8,10). The summed E-state index contributed by atoms with van der Waals surface area (Å²) in [5, 5.41) is 3.39. The van der Waals surface area contributed by atoms with Gasteiger partial charge >= 0.3 is 0 Å². The fourth-order valence-electron chi connectivity index (χ4n) is 1.41. The van der Waals surface area contributed by atoms with Crippen molar-refractivity contribution < 1.29 is 0 Å². The number of aromatic nitrogens is 2. The van der Waals surface area contributed by atoms with E-state index in [4.69, 9.17) is 0 Å². The molecule has 1 fully saturated rings. The smallest absolute Gasteiger partial charge is 0.0922 e. The van der Waals surface area contributed by atoms with Gasteiger partial charge in [-0.15, -0.1) is 0 Å². The molecule has 3 heteroatoms. The molecule has 2 heterocycles. The molecule has 3 nitrogen and oxygen atoms in total. The predicted molar refractivity (Wildman–Crippen MR) is 38.6 cm³/mol. The molecule has 10 heavy (non-hydrogen) atoms. The highest BCUT2D eigenvalue weighted by Crippen LogP contribution is 2.19. The molecule has 1 aromatic heterocycles. The van der Waals surface area contributed by atoms with Crippen molar-refractivity contribution in [3.05, 3.63) is 18.2 Å². The van der Waals surface area contributed by atoms with E-state index in [1.165, 1.54) is 18.5 Å². The van der Waals surface area contributed by atoms with Crippen molar-refractivity contribution >= 4 is 0 Å². The highest BCUT2D eigenvalue weighted by Gasteiger charge is 2.16. The Hall–Kier alpha value is -0.830. The van der Waals surface area contributed by atoms with Crippen molar-refractivity contribution in [2.45, 2.75) is 18.9 Å². The molecule has 0 amide bonds. The van der Waals surface area contributed by atoms with Crippen LogP contribution in [-0.4, -0.2) is 16.5 Å². The third-order valence-electron chi connectivity index (χ3n) is 1.96. The Bertz CT molecular complexity index is 187. The van der Waals surface area contributed by atoms with Crippen LogP contribution in [0.15, 0.2) is 12.5 Å². The summed E-state index contributed by atoms with van der Waals surface area (Å²) in [7, 11) is 0. The van der Waals surface area contributed by atoms with Gasteiger partial charge in [-0.25, -0.2) is 4.98 Å². The first kappa shape index (κ1) is 5.92. The highest BCUT2D eigenvalue weighted by atomic mass is 15.0. The molecule has 2 rings (SSSR count). The normalized spacial score (nSPS) is 25.4. The maximum absolute atomic E-state index is 3.97. The lowest BCUT2D eigenvalue weighted by molar-refractivity contribution is 0.631. The molecule has 0 aliphatic carbocycles. The maximum atomic E-state index is 3.97. The number of hydrogen-bond donors (Lipinski definition) is 2. The third kappa shape index (κ3) is 0.926. The van der Waals surface area contributed by atoms with Crippen LogP contribution >= 0.6 is 0 Å². The van der Waals surface area contributed by atoms with Crippen LogP contribution in [0.25, 0.3) is 0 Å². The lowest BCUT2D eigenvalue weighted by Gasteiger charge is -2.04. The van der Waals surface area contributed by atoms with E-state index in [0.717, 1.165) is 6.54 Å². The molecule has 0 bridgehead atoms. The van der Waals surface area contributed by atoms with Crippen LogP contribution in [0.4, 0.5) is 0 Å². The SMILES string of the molecule is c1ncc(C2CCCN2)[nH]1. The third-order valence-corrected chi connectivity index (χ3v) is 1.96. The van der Waals surface area contributed by atoms with Crippen molar-refractivity contribution in [3.63, 3.8) is 0 Å². The van der Waals surface area contributed by atoms with Crippen molar-refractivity contribution in [2.24, 2.45) is 0 Å². The maximum Gasteiger partial charge on any atom is 0.0922 e. The average molecular weight is 137 g/mol. The average Bonchev–Trinajstić information content (AvgIpc) is 2.59. The molecule has 54 valence electrons. The van der Waals surface area contributed by atoms with Gasteiger partial charge in [0.05, 0.1) is 12.0 Å². The van der Waals surface area contributed by atoms with Gasteiger partial charge in [0.15, 0.2) is 0 Å². The Morgan fingerprint density at radius 1 is 1.60 bits per heavy atom. The van der Waals surface area contributed by atoms with Crippen LogP contribution in [0.3, 0.4) is 0 Å². The Morgan fingerprint density at radius 2 is 2.60 bits per heavy atom. The summed E-state index contributed by atoms with van der Waals surface area (Å²) in [6.45, 7) is 1.14. The first-order chi connectivity index (χ1) is 4.97. The molecule has 1 saturated heterocycles. The van der Waals surface area contributed by atoms with Crippen LogP contribution < -0.4 is 5.32 Å². The molecule has 1 atom stereocenters. The van der Waals surface area contributed by atoms with Gasteiger partial charge in [0, 0.05) is 12.2 Å². The Balaban J connectivity index is 2.12. The second-order valence-electron chi connectivity index (χ2n) is 2.66. The van der Waals surface area contributed by atoms with Gasteiger partial charge in [0.2, 0.25) is 0 Å². The van der Waals surface area contributed by atoms with Gasteiger partial charge in [0.25, 0.3) is 0 Å². The highest BCUT2D eigenvalue weighted by molar-refractivity contribution is 5.03. The van der Waals surface area contributed by atoms with E-state index >= 15 is 0 Å². The monoisotopic (exact) mass is 137 g/mol. The van der Waals surface area contributed by atoms with Crippen LogP contribution in [0.1, 0.15) is 24.6 Å². The van der Waals surface area contributed by atoms with E-state index in [-0.39, 0.29) is 0 Å². The minimum Gasteiger partial charge on any atom is -0.347 e. The zero-order valence-electron chi connectivity index (χ0n) is 5.80. The number of aromatic amines is 1. The molecule has 1 aliphatic rings. The molecule has 0 saturated carbocycles. The van der Waals surface area contributed by atoms with Crippen LogP contribution in [0.2, 0.25) is 0 Å². The summed E-state index contributed by atoms with van der Waals surface area (Å²) in [5.41, 5.74) is 1.22. The minimum absolute atomic E-state index is 0.530. The number of nitrogens with one attached hydrogen (secondary N) is 2. The molecule has 0 spiro atoms. The molecule has 1 aromatic rings. The first-order valence-corrected chi connectivity index (χ1v) is 3.68. The first-order valence-electron chi connectivity index (χ1n) is 3.68. The summed E-state index contributed by atoms with van der Waals surface area (Å²) in [6.07, 6.45) is 6.14. The van der Waals surface area contributed by atoms with Crippen LogP contribution in [-0.2, 0) is 0 Å². The summed E-state index contributed by atoms with van der Waals surface area (Å²) in [4.78, 5) is 7.08. The van der Waals surface area contributed by atoms with E-state index < -0.39 is 0 Å². The van der Waals surface area contributed by atoms with Crippen molar-refractivity contribution in [1.82, 2.24) is 15.3 Å². The quantitative estimate of drug-likeness (QED) is 0.602. The minimum atomic E-state index is 0.530. The second kappa shape index (κ2) is 2.42. The van der Waals surface area contributed by atoms with E-state index in [1.807, 2.05) is 6.20 Å². The van der Waals surface area contributed by atoms with Crippen molar-refractivity contribution in [3.8, 4) is 0 Å². The number of imidazole rings is 1. The van der Waals surface area contributed by atoms with E-state index in [1.54, 1.807) is 6.33 Å². The Morgan fingerprint density at radius 3 is 3.20 bits per heavy atom. The number of H-pyrrole nitrogens is 1. The van der Waals surface area contributed by atoms with Gasteiger partial charge in [-0.2, -0.15) is 0 Å².